The summed E-state index contributed by atoms with van der Waals surface area (Å²) < 4.78 is 5.94. The summed E-state index contributed by atoms with van der Waals surface area (Å²) in [5.41, 5.74) is 0.538. The van der Waals surface area contributed by atoms with Gasteiger partial charge in [0.15, 0.2) is 0 Å². The summed E-state index contributed by atoms with van der Waals surface area (Å²) in [6, 6.07) is 0.758. The first-order valence-electron chi connectivity index (χ1n) is 9.09. The Balaban J connectivity index is 1.39. The van der Waals surface area contributed by atoms with E-state index in [-0.39, 0.29) is 0 Å². The van der Waals surface area contributed by atoms with Gasteiger partial charge in [-0.05, 0) is 57.4 Å². The Bertz CT molecular complexity index is 313. The van der Waals surface area contributed by atoms with Gasteiger partial charge in [0.05, 0.1) is 6.10 Å². The highest BCUT2D eigenvalue weighted by molar-refractivity contribution is 5.12. The fourth-order valence-corrected chi connectivity index (χ4v) is 5.01. The standard InChI is InChI=1S/C18H33NO/c1-3-20-17-13-16(18(17)9-5-10-18)19-11-8-15-7-4-6-14(2)12-15/h14-17,19H,3-13H2,1-2H3. The molecule has 4 atom stereocenters. The van der Waals surface area contributed by atoms with Gasteiger partial charge in [0.1, 0.15) is 0 Å². The first kappa shape index (κ1) is 14.8. The highest BCUT2D eigenvalue weighted by Crippen LogP contribution is 2.57. The summed E-state index contributed by atoms with van der Waals surface area (Å²) in [7, 11) is 0. The van der Waals surface area contributed by atoms with E-state index in [2.05, 4.69) is 19.2 Å². The van der Waals surface area contributed by atoms with Crippen molar-refractivity contribution in [1.29, 1.82) is 0 Å². The zero-order chi connectivity index (χ0) is 14.0. The molecule has 2 heteroatoms. The molecule has 0 aliphatic heterocycles. The Kier molecular flexibility index (Phi) is 4.72. The lowest BCUT2D eigenvalue weighted by molar-refractivity contribution is -0.172. The molecule has 0 amide bonds. The molecule has 3 saturated carbocycles. The molecule has 0 aromatic rings. The van der Waals surface area contributed by atoms with Gasteiger partial charge in [0.2, 0.25) is 0 Å². The van der Waals surface area contributed by atoms with Gasteiger partial charge in [-0.2, -0.15) is 0 Å². The van der Waals surface area contributed by atoms with Crippen LogP contribution < -0.4 is 5.32 Å². The molecule has 1 N–H and O–H groups in total. The Morgan fingerprint density at radius 2 is 2.00 bits per heavy atom. The second-order valence-electron chi connectivity index (χ2n) is 7.70. The van der Waals surface area contributed by atoms with Crippen LogP contribution in [0.2, 0.25) is 0 Å². The SMILES string of the molecule is CCOC1CC(NCCC2CCCC(C)C2)C12CCC2. The van der Waals surface area contributed by atoms with E-state index >= 15 is 0 Å². The molecule has 3 aliphatic carbocycles. The largest absolute Gasteiger partial charge is 0.378 e. The van der Waals surface area contributed by atoms with Gasteiger partial charge in [-0.15, -0.1) is 0 Å². The van der Waals surface area contributed by atoms with Crippen molar-refractivity contribution in [3.8, 4) is 0 Å². The van der Waals surface area contributed by atoms with Crippen LogP contribution in [0.3, 0.4) is 0 Å². The molecular formula is C18H33NO. The second kappa shape index (κ2) is 6.36. The van der Waals surface area contributed by atoms with Crippen molar-refractivity contribution in [3.63, 3.8) is 0 Å². The van der Waals surface area contributed by atoms with Gasteiger partial charge in [-0.1, -0.05) is 32.6 Å². The molecule has 4 unspecified atom stereocenters. The maximum absolute atomic E-state index is 5.94. The highest BCUT2D eigenvalue weighted by atomic mass is 16.5. The van der Waals surface area contributed by atoms with Crippen LogP contribution in [0, 0.1) is 17.3 Å². The number of rotatable bonds is 6. The monoisotopic (exact) mass is 279 g/mol. The molecule has 2 nitrogen and oxygen atoms in total. The fourth-order valence-electron chi connectivity index (χ4n) is 5.01. The van der Waals surface area contributed by atoms with Crippen molar-refractivity contribution in [1.82, 2.24) is 5.32 Å². The number of ether oxygens (including phenoxy) is 1. The van der Waals surface area contributed by atoms with Gasteiger partial charge in [-0.3, -0.25) is 0 Å². The summed E-state index contributed by atoms with van der Waals surface area (Å²) in [6.07, 6.45) is 13.3. The van der Waals surface area contributed by atoms with E-state index in [9.17, 15) is 0 Å². The Labute approximate surface area is 125 Å². The molecule has 3 fully saturated rings. The average Bonchev–Trinajstić information content (AvgIpc) is 2.35. The quantitative estimate of drug-likeness (QED) is 0.789. The van der Waals surface area contributed by atoms with E-state index in [0.717, 1.165) is 24.5 Å². The van der Waals surface area contributed by atoms with Crippen LogP contribution in [0.25, 0.3) is 0 Å². The van der Waals surface area contributed by atoms with Gasteiger partial charge in [0.25, 0.3) is 0 Å². The van der Waals surface area contributed by atoms with Crippen molar-refractivity contribution in [2.24, 2.45) is 17.3 Å². The van der Waals surface area contributed by atoms with Crippen LogP contribution in [-0.2, 0) is 4.74 Å². The van der Waals surface area contributed by atoms with Crippen molar-refractivity contribution in [2.45, 2.75) is 83.8 Å². The third-order valence-electron chi connectivity index (χ3n) is 6.43. The zero-order valence-electron chi connectivity index (χ0n) is 13.5. The summed E-state index contributed by atoms with van der Waals surface area (Å²) in [6.45, 7) is 6.70. The van der Waals surface area contributed by atoms with Crippen LogP contribution in [0.5, 0.6) is 0 Å². The van der Waals surface area contributed by atoms with Gasteiger partial charge in [0, 0.05) is 18.1 Å². The van der Waals surface area contributed by atoms with E-state index in [4.69, 9.17) is 4.74 Å². The molecule has 116 valence electrons. The lowest BCUT2D eigenvalue weighted by atomic mass is 9.51. The third-order valence-corrected chi connectivity index (χ3v) is 6.43. The minimum absolute atomic E-state index is 0.538. The predicted octanol–water partition coefficient (Wildman–Crippen LogP) is 4.14. The maximum Gasteiger partial charge on any atom is 0.0661 e. The lowest BCUT2D eigenvalue weighted by Crippen LogP contribution is -2.67. The first-order chi connectivity index (χ1) is 9.74. The van der Waals surface area contributed by atoms with E-state index in [0.29, 0.717) is 11.5 Å². The molecule has 0 aromatic carbocycles. The summed E-state index contributed by atoms with van der Waals surface area (Å²) in [4.78, 5) is 0. The Morgan fingerprint density at radius 3 is 2.65 bits per heavy atom. The molecule has 0 saturated heterocycles. The summed E-state index contributed by atoms with van der Waals surface area (Å²) in [5, 5.41) is 3.88. The van der Waals surface area contributed by atoms with E-state index < -0.39 is 0 Å². The third kappa shape index (κ3) is 2.78. The van der Waals surface area contributed by atoms with Crippen molar-refractivity contribution in [3.05, 3.63) is 0 Å². The number of nitrogens with one attached hydrogen (secondary N) is 1. The first-order valence-corrected chi connectivity index (χ1v) is 9.09. The van der Waals surface area contributed by atoms with Crippen LogP contribution in [-0.4, -0.2) is 25.3 Å². The molecule has 1 spiro atoms. The molecule has 3 aliphatic rings. The van der Waals surface area contributed by atoms with Crippen molar-refractivity contribution >= 4 is 0 Å². The highest BCUT2D eigenvalue weighted by Gasteiger charge is 2.58. The smallest absolute Gasteiger partial charge is 0.0661 e. The van der Waals surface area contributed by atoms with Gasteiger partial charge in [-0.25, -0.2) is 0 Å². The molecule has 0 aromatic heterocycles. The van der Waals surface area contributed by atoms with Crippen LogP contribution >= 0.6 is 0 Å². The van der Waals surface area contributed by atoms with Crippen LogP contribution in [0.4, 0.5) is 0 Å². The maximum atomic E-state index is 5.94. The molecule has 0 heterocycles. The molecule has 0 bridgehead atoms. The van der Waals surface area contributed by atoms with Crippen molar-refractivity contribution in [2.75, 3.05) is 13.2 Å². The second-order valence-corrected chi connectivity index (χ2v) is 7.70. The number of hydrogen-bond acceptors (Lipinski definition) is 2. The normalized spacial score (nSPS) is 39.3. The minimum atomic E-state index is 0.538. The average molecular weight is 279 g/mol. The predicted molar refractivity (Wildman–Crippen MR) is 83.8 cm³/mol. The van der Waals surface area contributed by atoms with Gasteiger partial charge < -0.3 is 10.1 Å². The van der Waals surface area contributed by atoms with Crippen molar-refractivity contribution < 1.29 is 4.74 Å². The Morgan fingerprint density at radius 1 is 1.15 bits per heavy atom. The van der Waals surface area contributed by atoms with Gasteiger partial charge >= 0.3 is 0 Å². The summed E-state index contributed by atoms with van der Waals surface area (Å²) >= 11 is 0. The van der Waals surface area contributed by atoms with Crippen LogP contribution in [0.1, 0.15) is 71.6 Å². The lowest BCUT2D eigenvalue weighted by Gasteiger charge is -2.61. The molecule has 3 rings (SSSR count). The van der Waals surface area contributed by atoms with E-state index in [1.54, 1.807) is 0 Å². The molecule has 20 heavy (non-hydrogen) atoms. The van der Waals surface area contributed by atoms with E-state index in [1.165, 1.54) is 64.3 Å². The fraction of sp³-hybridized carbons (Fsp3) is 1.00. The molecular weight excluding hydrogens is 246 g/mol. The molecule has 0 radical (unpaired) electrons. The zero-order valence-corrected chi connectivity index (χ0v) is 13.5. The van der Waals surface area contributed by atoms with Crippen LogP contribution in [0.15, 0.2) is 0 Å². The summed E-state index contributed by atoms with van der Waals surface area (Å²) in [5.74, 6) is 1.96. The Hall–Kier alpha value is -0.0800. The number of hydrogen-bond donors (Lipinski definition) is 1. The topological polar surface area (TPSA) is 21.3 Å². The van der Waals surface area contributed by atoms with E-state index in [1.807, 2.05) is 0 Å². The minimum Gasteiger partial charge on any atom is -0.378 e.